The van der Waals surface area contributed by atoms with Crippen LogP contribution in [0.5, 0.6) is 11.5 Å². The maximum atomic E-state index is 12.4. The van der Waals surface area contributed by atoms with Crippen LogP contribution in [-0.4, -0.2) is 11.9 Å². The third-order valence-corrected chi connectivity index (χ3v) is 3.72. The Hall–Kier alpha value is -3.60. The first kappa shape index (κ1) is 18.2. The van der Waals surface area contributed by atoms with Gasteiger partial charge in [0, 0.05) is 18.2 Å². The van der Waals surface area contributed by atoms with Crippen LogP contribution >= 0.6 is 0 Å². The van der Waals surface area contributed by atoms with E-state index in [0.717, 1.165) is 5.56 Å². The lowest BCUT2D eigenvalue weighted by atomic mass is 10.2. The molecule has 0 saturated heterocycles. The van der Waals surface area contributed by atoms with Crippen molar-refractivity contribution in [1.82, 2.24) is 0 Å². The fourth-order valence-electron chi connectivity index (χ4n) is 2.45. The highest BCUT2D eigenvalue weighted by Crippen LogP contribution is 2.19. The zero-order valence-electron chi connectivity index (χ0n) is 14.8. The Balaban J connectivity index is 1.59. The first-order valence-corrected chi connectivity index (χ1v) is 8.47. The summed E-state index contributed by atoms with van der Waals surface area (Å²) in [5, 5.41) is 2.80. The van der Waals surface area contributed by atoms with Crippen LogP contribution in [0.15, 0.2) is 78.9 Å². The normalized spacial score (nSPS) is 10.1. The maximum absolute atomic E-state index is 12.4. The van der Waals surface area contributed by atoms with Crippen molar-refractivity contribution in [3.05, 3.63) is 90.0 Å². The van der Waals surface area contributed by atoms with E-state index in [1.807, 2.05) is 30.3 Å². The SMILES string of the molecule is CC(=O)Oc1cccc(C(=O)Nc2ccc(OCc3ccccc3)cc2)c1. The average molecular weight is 361 g/mol. The first-order chi connectivity index (χ1) is 13.1. The molecule has 3 aromatic rings. The second-order valence-electron chi connectivity index (χ2n) is 5.87. The third kappa shape index (κ3) is 5.44. The van der Waals surface area contributed by atoms with Gasteiger partial charge in [0.15, 0.2) is 0 Å². The van der Waals surface area contributed by atoms with Crippen LogP contribution in [0.4, 0.5) is 5.69 Å². The summed E-state index contributed by atoms with van der Waals surface area (Å²) >= 11 is 0. The number of hydrogen-bond acceptors (Lipinski definition) is 4. The molecule has 3 rings (SSSR count). The molecule has 3 aromatic carbocycles. The van der Waals surface area contributed by atoms with E-state index in [4.69, 9.17) is 9.47 Å². The Morgan fingerprint density at radius 3 is 2.30 bits per heavy atom. The van der Waals surface area contributed by atoms with Gasteiger partial charge < -0.3 is 14.8 Å². The van der Waals surface area contributed by atoms with Crippen LogP contribution in [-0.2, 0) is 11.4 Å². The Morgan fingerprint density at radius 2 is 1.59 bits per heavy atom. The van der Waals surface area contributed by atoms with Crippen molar-refractivity contribution in [3.8, 4) is 11.5 Å². The Kier molecular flexibility index (Phi) is 5.84. The number of hydrogen-bond donors (Lipinski definition) is 1. The lowest BCUT2D eigenvalue weighted by molar-refractivity contribution is -0.131. The summed E-state index contributed by atoms with van der Waals surface area (Å²) in [6.07, 6.45) is 0. The molecule has 0 aliphatic rings. The van der Waals surface area contributed by atoms with Crippen LogP contribution in [0.3, 0.4) is 0 Å². The fraction of sp³-hybridized carbons (Fsp3) is 0.0909. The highest BCUT2D eigenvalue weighted by atomic mass is 16.5. The van der Waals surface area contributed by atoms with Crippen molar-refractivity contribution in [1.29, 1.82) is 0 Å². The molecule has 0 bridgehead atoms. The molecular formula is C22H19NO4. The van der Waals surface area contributed by atoms with Gasteiger partial charge in [-0.2, -0.15) is 0 Å². The standard InChI is InChI=1S/C22H19NO4/c1-16(24)27-21-9-5-8-18(14-21)22(25)23-19-10-12-20(13-11-19)26-15-17-6-3-2-4-7-17/h2-14H,15H2,1H3,(H,23,25). The molecule has 0 aliphatic heterocycles. The van der Waals surface area contributed by atoms with Crippen LogP contribution in [0.2, 0.25) is 0 Å². The smallest absolute Gasteiger partial charge is 0.308 e. The van der Waals surface area contributed by atoms with Crippen molar-refractivity contribution in [2.45, 2.75) is 13.5 Å². The highest BCUT2D eigenvalue weighted by Gasteiger charge is 2.08. The predicted octanol–water partition coefficient (Wildman–Crippen LogP) is 4.44. The van der Waals surface area contributed by atoms with Gasteiger partial charge in [0.05, 0.1) is 0 Å². The molecule has 0 radical (unpaired) electrons. The molecule has 0 saturated carbocycles. The van der Waals surface area contributed by atoms with Gasteiger partial charge >= 0.3 is 5.97 Å². The van der Waals surface area contributed by atoms with Gasteiger partial charge in [0.2, 0.25) is 0 Å². The number of benzene rings is 3. The van der Waals surface area contributed by atoms with Gasteiger partial charge in [-0.25, -0.2) is 0 Å². The number of rotatable bonds is 6. The van der Waals surface area contributed by atoms with E-state index >= 15 is 0 Å². The van der Waals surface area contributed by atoms with E-state index in [1.54, 1.807) is 42.5 Å². The number of amides is 1. The second kappa shape index (κ2) is 8.67. The summed E-state index contributed by atoms with van der Waals surface area (Å²) in [5.41, 5.74) is 2.13. The summed E-state index contributed by atoms with van der Waals surface area (Å²) in [5.74, 6) is 0.328. The minimum Gasteiger partial charge on any atom is -0.489 e. The number of ether oxygens (including phenoxy) is 2. The minimum atomic E-state index is -0.432. The van der Waals surface area contributed by atoms with Crippen molar-refractivity contribution in [2.75, 3.05) is 5.32 Å². The van der Waals surface area contributed by atoms with Crippen molar-refractivity contribution in [2.24, 2.45) is 0 Å². The molecule has 5 heteroatoms. The lowest BCUT2D eigenvalue weighted by Crippen LogP contribution is -2.12. The molecule has 0 unspecified atom stereocenters. The molecule has 136 valence electrons. The Bertz CT molecular complexity index is 921. The van der Waals surface area contributed by atoms with E-state index in [2.05, 4.69) is 5.32 Å². The first-order valence-electron chi connectivity index (χ1n) is 8.47. The third-order valence-electron chi connectivity index (χ3n) is 3.72. The van der Waals surface area contributed by atoms with Gasteiger partial charge in [0.1, 0.15) is 18.1 Å². The summed E-state index contributed by atoms with van der Waals surface area (Å²) in [6, 6.07) is 23.5. The van der Waals surface area contributed by atoms with E-state index < -0.39 is 5.97 Å². The van der Waals surface area contributed by atoms with Crippen LogP contribution < -0.4 is 14.8 Å². The second-order valence-corrected chi connectivity index (χ2v) is 5.87. The molecular weight excluding hydrogens is 342 g/mol. The summed E-state index contributed by atoms with van der Waals surface area (Å²) < 4.78 is 10.7. The number of carbonyl (C=O) groups is 2. The van der Waals surface area contributed by atoms with Crippen molar-refractivity contribution < 1.29 is 19.1 Å². The van der Waals surface area contributed by atoms with Crippen LogP contribution in [0.1, 0.15) is 22.8 Å². The largest absolute Gasteiger partial charge is 0.489 e. The summed E-state index contributed by atoms with van der Waals surface area (Å²) in [6.45, 7) is 1.80. The summed E-state index contributed by atoms with van der Waals surface area (Å²) in [4.78, 5) is 23.4. The zero-order valence-corrected chi connectivity index (χ0v) is 14.8. The van der Waals surface area contributed by atoms with Crippen LogP contribution in [0, 0.1) is 0 Å². The van der Waals surface area contributed by atoms with Crippen molar-refractivity contribution >= 4 is 17.6 Å². The van der Waals surface area contributed by atoms with E-state index in [0.29, 0.717) is 29.4 Å². The molecule has 0 aliphatic carbocycles. The fourth-order valence-corrected chi connectivity index (χ4v) is 2.45. The molecule has 0 spiro atoms. The topological polar surface area (TPSA) is 64.6 Å². The van der Waals surface area contributed by atoms with E-state index in [9.17, 15) is 9.59 Å². The summed E-state index contributed by atoms with van der Waals surface area (Å²) in [7, 11) is 0. The maximum Gasteiger partial charge on any atom is 0.308 e. The van der Waals surface area contributed by atoms with Gasteiger partial charge in [-0.15, -0.1) is 0 Å². The van der Waals surface area contributed by atoms with Gasteiger partial charge in [-0.1, -0.05) is 36.4 Å². The zero-order chi connectivity index (χ0) is 19.1. The molecule has 0 heterocycles. The molecule has 0 aromatic heterocycles. The highest BCUT2D eigenvalue weighted by molar-refractivity contribution is 6.04. The number of nitrogens with one attached hydrogen (secondary N) is 1. The molecule has 1 N–H and O–H groups in total. The minimum absolute atomic E-state index is 0.290. The van der Waals surface area contributed by atoms with Gasteiger partial charge in [0.25, 0.3) is 5.91 Å². The average Bonchev–Trinajstić information content (AvgIpc) is 2.68. The predicted molar refractivity (Wildman–Crippen MR) is 103 cm³/mol. The van der Waals surface area contributed by atoms with E-state index in [-0.39, 0.29) is 5.91 Å². The van der Waals surface area contributed by atoms with Gasteiger partial charge in [-0.05, 0) is 48.0 Å². The number of esters is 1. The molecule has 1 amide bonds. The number of anilines is 1. The Morgan fingerprint density at radius 1 is 0.852 bits per heavy atom. The molecule has 0 fully saturated rings. The van der Waals surface area contributed by atoms with Crippen molar-refractivity contribution in [3.63, 3.8) is 0 Å². The lowest BCUT2D eigenvalue weighted by Gasteiger charge is -2.09. The number of carbonyl (C=O) groups excluding carboxylic acids is 2. The quantitative estimate of drug-likeness (QED) is 0.521. The van der Waals surface area contributed by atoms with E-state index in [1.165, 1.54) is 13.0 Å². The van der Waals surface area contributed by atoms with Crippen LogP contribution in [0.25, 0.3) is 0 Å². The van der Waals surface area contributed by atoms with Gasteiger partial charge in [-0.3, -0.25) is 9.59 Å². The Labute approximate surface area is 157 Å². The molecule has 27 heavy (non-hydrogen) atoms. The monoisotopic (exact) mass is 361 g/mol. The molecule has 5 nitrogen and oxygen atoms in total. The molecule has 0 atom stereocenters.